The van der Waals surface area contributed by atoms with E-state index in [0.29, 0.717) is 21.9 Å². The number of aryl methyl sites for hydroxylation is 2. The van der Waals surface area contributed by atoms with Gasteiger partial charge >= 0.3 is 0 Å². The number of carbonyl (C=O) groups is 1. The predicted octanol–water partition coefficient (Wildman–Crippen LogP) is 4.89. The first kappa shape index (κ1) is 21.3. The zero-order valence-electron chi connectivity index (χ0n) is 16.9. The summed E-state index contributed by atoms with van der Waals surface area (Å²) < 4.78 is 2.41. The number of aromatic nitrogens is 3. The topological polar surface area (TPSA) is 76.9 Å². The Bertz CT molecular complexity index is 1340. The lowest BCUT2D eigenvalue weighted by Gasteiger charge is -2.14. The molecule has 0 atom stereocenters. The highest BCUT2D eigenvalue weighted by Crippen LogP contribution is 2.23. The van der Waals surface area contributed by atoms with Crippen molar-refractivity contribution in [2.24, 2.45) is 0 Å². The fourth-order valence-corrected chi connectivity index (χ4v) is 4.11. The molecule has 4 rings (SSSR count). The number of hydrogen-bond acceptors (Lipinski definition) is 5. The van der Waals surface area contributed by atoms with Crippen molar-refractivity contribution in [1.29, 1.82) is 0 Å². The highest BCUT2D eigenvalue weighted by Gasteiger charge is 2.15. The Hall–Kier alpha value is -2.97. The fraction of sp³-hybridized carbons (Fsp3) is 0.130. The number of anilines is 1. The molecule has 0 unspecified atom stereocenters. The lowest BCUT2D eigenvalue weighted by Crippen LogP contribution is -2.23. The Morgan fingerprint density at radius 2 is 1.90 bits per heavy atom. The molecule has 0 spiro atoms. The highest BCUT2D eigenvalue weighted by atomic mass is 79.9. The van der Waals surface area contributed by atoms with Gasteiger partial charge in [-0.15, -0.1) is 0 Å². The van der Waals surface area contributed by atoms with E-state index in [1.165, 1.54) is 11.8 Å². The summed E-state index contributed by atoms with van der Waals surface area (Å²) in [5.41, 5.74) is 3.38. The summed E-state index contributed by atoms with van der Waals surface area (Å²) >= 11 is 4.53. The molecule has 1 amide bonds. The average molecular weight is 495 g/mol. The monoisotopic (exact) mass is 494 g/mol. The third-order valence-electron chi connectivity index (χ3n) is 4.82. The number of nitrogens with one attached hydrogen (secondary N) is 1. The van der Waals surface area contributed by atoms with Gasteiger partial charge in [-0.05, 0) is 77.3 Å². The Labute approximate surface area is 191 Å². The molecule has 0 saturated carbocycles. The summed E-state index contributed by atoms with van der Waals surface area (Å²) in [6, 6.07) is 16.6. The van der Waals surface area contributed by atoms with E-state index < -0.39 is 0 Å². The summed E-state index contributed by atoms with van der Waals surface area (Å²) in [5, 5.41) is 3.76. The van der Waals surface area contributed by atoms with Crippen LogP contribution in [0.1, 0.15) is 11.1 Å². The molecule has 4 aromatic rings. The number of halogens is 1. The van der Waals surface area contributed by atoms with Crippen LogP contribution in [0.15, 0.2) is 75.2 Å². The van der Waals surface area contributed by atoms with Crippen LogP contribution in [0.2, 0.25) is 0 Å². The number of fused-ring (bicyclic) bond motifs is 1. The van der Waals surface area contributed by atoms with E-state index in [2.05, 4.69) is 31.2 Å². The number of hydrogen-bond donors (Lipinski definition) is 1. The van der Waals surface area contributed by atoms with Crippen molar-refractivity contribution >= 4 is 50.3 Å². The van der Waals surface area contributed by atoms with Crippen LogP contribution >= 0.6 is 27.7 Å². The van der Waals surface area contributed by atoms with Gasteiger partial charge in [-0.25, -0.2) is 9.97 Å². The lowest BCUT2D eigenvalue weighted by molar-refractivity contribution is -0.113. The molecular formula is C23H19BrN4O2S. The molecule has 2 aromatic heterocycles. The number of thioether (sulfide) groups is 1. The largest absolute Gasteiger partial charge is 0.310 e. The Balaban J connectivity index is 1.68. The molecule has 2 aromatic carbocycles. The van der Waals surface area contributed by atoms with Crippen molar-refractivity contribution in [3.8, 4) is 5.69 Å². The van der Waals surface area contributed by atoms with Gasteiger partial charge in [0, 0.05) is 10.7 Å². The zero-order chi connectivity index (χ0) is 22.0. The van der Waals surface area contributed by atoms with Crippen LogP contribution in [0, 0.1) is 13.8 Å². The SMILES string of the molecule is Cc1ccc(-n2c(SCC(=O)Nc3ccc(Br)cn3)nc3ccccc3c2=O)cc1C. The molecule has 8 heteroatoms. The summed E-state index contributed by atoms with van der Waals surface area (Å²) in [6.45, 7) is 4.03. The van der Waals surface area contributed by atoms with Gasteiger partial charge in [-0.3, -0.25) is 14.2 Å². The second kappa shape index (κ2) is 9.03. The van der Waals surface area contributed by atoms with Crippen LogP contribution in [-0.4, -0.2) is 26.2 Å². The number of nitrogens with zero attached hydrogens (tertiary/aromatic N) is 3. The van der Waals surface area contributed by atoms with Crippen molar-refractivity contribution in [2.45, 2.75) is 19.0 Å². The van der Waals surface area contributed by atoms with Gasteiger partial charge < -0.3 is 5.32 Å². The maximum atomic E-state index is 13.3. The van der Waals surface area contributed by atoms with Crippen LogP contribution in [0.5, 0.6) is 0 Å². The van der Waals surface area contributed by atoms with Gasteiger partial charge in [-0.1, -0.05) is 30.0 Å². The molecule has 0 radical (unpaired) electrons. The van der Waals surface area contributed by atoms with E-state index in [1.807, 2.05) is 44.2 Å². The van der Waals surface area contributed by atoms with Crippen molar-refractivity contribution in [2.75, 3.05) is 11.1 Å². The Morgan fingerprint density at radius 1 is 1.10 bits per heavy atom. The lowest BCUT2D eigenvalue weighted by atomic mass is 10.1. The number of rotatable bonds is 5. The molecule has 2 heterocycles. The van der Waals surface area contributed by atoms with E-state index in [0.717, 1.165) is 21.3 Å². The van der Waals surface area contributed by atoms with Gasteiger partial charge in [0.25, 0.3) is 5.56 Å². The fourth-order valence-electron chi connectivity index (χ4n) is 3.06. The van der Waals surface area contributed by atoms with Crippen molar-refractivity contribution in [3.63, 3.8) is 0 Å². The molecule has 31 heavy (non-hydrogen) atoms. The van der Waals surface area contributed by atoms with Crippen LogP contribution in [-0.2, 0) is 4.79 Å². The van der Waals surface area contributed by atoms with E-state index in [9.17, 15) is 9.59 Å². The number of pyridine rings is 1. The molecule has 0 fully saturated rings. The van der Waals surface area contributed by atoms with E-state index in [1.54, 1.807) is 35.0 Å². The molecule has 156 valence electrons. The first-order valence-corrected chi connectivity index (χ1v) is 11.3. The molecule has 0 aliphatic carbocycles. The second-order valence-corrected chi connectivity index (χ2v) is 8.88. The van der Waals surface area contributed by atoms with Gasteiger partial charge in [0.15, 0.2) is 5.16 Å². The van der Waals surface area contributed by atoms with Gasteiger partial charge in [-0.2, -0.15) is 0 Å². The molecule has 1 N–H and O–H groups in total. The maximum absolute atomic E-state index is 13.3. The molecule has 6 nitrogen and oxygen atoms in total. The molecule has 0 bridgehead atoms. The molecule has 0 aliphatic rings. The first-order chi connectivity index (χ1) is 14.9. The number of carbonyl (C=O) groups excluding carboxylic acids is 1. The predicted molar refractivity (Wildman–Crippen MR) is 128 cm³/mol. The number of amides is 1. The maximum Gasteiger partial charge on any atom is 0.266 e. The van der Waals surface area contributed by atoms with E-state index >= 15 is 0 Å². The summed E-state index contributed by atoms with van der Waals surface area (Å²) in [4.78, 5) is 34.6. The minimum absolute atomic E-state index is 0.0906. The quantitative estimate of drug-likeness (QED) is 0.315. The van der Waals surface area contributed by atoms with Crippen LogP contribution < -0.4 is 10.9 Å². The van der Waals surface area contributed by atoms with Gasteiger partial charge in [0.05, 0.1) is 22.3 Å². The Kier molecular flexibility index (Phi) is 6.20. The van der Waals surface area contributed by atoms with Gasteiger partial charge in [0.2, 0.25) is 5.91 Å². The number of para-hydroxylation sites is 1. The highest BCUT2D eigenvalue weighted by molar-refractivity contribution is 9.10. The first-order valence-electron chi connectivity index (χ1n) is 9.56. The molecular weight excluding hydrogens is 476 g/mol. The van der Waals surface area contributed by atoms with Crippen molar-refractivity contribution in [1.82, 2.24) is 14.5 Å². The molecule has 0 aliphatic heterocycles. The van der Waals surface area contributed by atoms with E-state index in [4.69, 9.17) is 0 Å². The van der Waals surface area contributed by atoms with Crippen molar-refractivity contribution < 1.29 is 4.79 Å². The van der Waals surface area contributed by atoms with Crippen LogP contribution in [0.3, 0.4) is 0 Å². The molecule has 0 saturated heterocycles. The summed E-state index contributed by atoms with van der Waals surface area (Å²) in [5.74, 6) is 0.327. The minimum atomic E-state index is -0.228. The third-order valence-corrected chi connectivity index (χ3v) is 6.23. The van der Waals surface area contributed by atoms with Crippen LogP contribution in [0.4, 0.5) is 5.82 Å². The van der Waals surface area contributed by atoms with Crippen LogP contribution in [0.25, 0.3) is 16.6 Å². The summed E-state index contributed by atoms with van der Waals surface area (Å²) in [6.07, 6.45) is 1.62. The third kappa shape index (κ3) is 4.70. The standard InChI is InChI=1S/C23H19BrN4O2S/c1-14-7-9-17(11-15(14)2)28-22(30)18-5-3-4-6-19(18)26-23(28)31-13-21(29)27-20-10-8-16(24)12-25-20/h3-12H,13H2,1-2H3,(H,25,27,29). The average Bonchev–Trinajstić information content (AvgIpc) is 2.76. The number of benzene rings is 2. The normalized spacial score (nSPS) is 10.9. The smallest absolute Gasteiger partial charge is 0.266 e. The van der Waals surface area contributed by atoms with E-state index in [-0.39, 0.29) is 17.2 Å². The summed E-state index contributed by atoms with van der Waals surface area (Å²) in [7, 11) is 0. The Morgan fingerprint density at radius 3 is 2.65 bits per heavy atom. The van der Waals surface area contributed by atoms with Gasteiger partial charge in [0.1, 0.15) is 5.82 Å². The minimum Gasteiger partial charge on any atom is -0.310 e. The second-order valence-electron chi connectivity index (χ2n) is 7.02. The van der Waals surface area contributed by atoms with Crippen molar-refractivity contribution in [3.05, 3.63) is 86.7 Å². The zero-order valence-corrected chi connectivity index (χ0v) is 19.3.